The zero-order valence-corrected chi connectivity index (χ0v) is 11.8. The van der Waals surface area contributed by atoms with Crippen molar-refractivity contribution in [2.24, 2.45) is 5.92 Å². The van der Waals surface area contributed by atoms with E-state index in [4.69, 9.17) is 9.84 Å². The van der Waals surface area contributed by atoms with Crippen molar-refractivity contribution in [2.45, 2.75) is 76.1 Å². The van der Waals surface area contributed by atoms with E-state index in [1.807, 2.05) is 0 Å². The number of carboxylic acid groups (broad SMARTS) is 1. The van der Waals surface area contributed by atoms with E-state index < -0.39 is 5.97 Å². The van der Waals surface area contributed by atoms with Crippen molar-refractivity contribution in [3.8, 4) is 0 Å². The quantitative estimate of drug-likeness (QED) is 0.852. The van der Waals surface area contributed by atoms with Crippen LogP contribution >= 0.6 is 0 Å². The molecule has 0 aliphatic carbocycles. The summed E-state index contributed by atoms with van der Waals surface area (Å²) < 4.78 is 5.66. The molecule has 3 aliphatic heterocycles. The number of rotatable bonds is 3. The second-order valence-corrected chi connectivity index (χ2v) is 6.63. The third-order valence-corrected chi connectivity index (χ3v) is 5.23. The molecule has 3 heterocycles. The lowest BCUT2D eigenvalue weighted by Crippen LogP contribution is -2.51. The van der Waals surface area contributed by atoms with E-state index in [1.54, 1.807) is 0 Å². The average Bonchev–Trinajstić information content (AvgIpc) is 2.61. The van der Waals surface area contributed by atoms with Crippen LogP contribution in [0.3, 0.4) is 0 Å². The second-order valence-electron chi connectivity index (χ2n) is 6.63. The highest BCUT2D eigenvalue weighted by atomic mass is 16.5. The Morgan fingerprint density at radius 1 is 1.16 bits per heavy atom. The molecule has 3 aliphatic rings. The van der Waals surface area contributed by atoms with Gasteiger partial charge in [-0.1, -0.05) is 0 Å². The molecule has 4 heteroatoms. The van der Waals surface area contributed by atoms with E-state index in [0.717, 1.165) is 32.3 Å². The minimum absolute atomic E-state index is 0.366. The molecule has 1 N–H and O–H groups in total. The standard InChI is InChI=1S/C15H25NO3/c1-10-6-14(4-5-19-10)16-12-2-3-13(16)8-11(7-12)9-15(17)18/h10-14H,2-9H2,1H3,(H,17,18). The third-order valence-electron chi connectivity index (χ3n) is 5.23. The van der Waals surface area contributed by atoms with Crippen molar-refractivity contribution in [1.82, 2.24) is 4.90 Å². The van der Waals surface area contributed by atoms with Crippen molar-refractivity contribution in [2.75, 3.05) is 6.61 Å². The van der Waals surface area contributed by atoms with Gasteiger partial charge in [-0.3, -0.25) is 9.69 Å². The highest BCUT2D eigenvalue weighted by Crippen LogP contribution is 2.42. The maximum Gasteiger partial charge on any atom is 0.303 e. The lowest BCUT2D eigenvalue weighted by atomic mass is 9.86. The maximum absolute atomic E-state index is 10.9. The Hall–Kier alpha value is -0.610. The first-order chi connectivity index (χ1) is 9.13. The Bertz CT molecular complexity index is 332. The number of hydrogen-bond donors (Lipinski definition) is 1. The number of hydrogen-bond acceptors (Lipinski definition) is 3. The first kappa shape index (κ1) is 13.4. The van der Waals surface area contributed by atoms with Gasteiger partial charge in [0.2, 0.25) is 0 Å². The van der Waals surface area contributed by atoms with Gasteiger partial charge in [-0.2, -0.15) is 0 Å². The zero-order valence-electron chi connectivity index (χ0n) is 11.8. The smallest absolute Gasteiger partial charge is 0.303 e. The van der Waals surface area contributed by atoms with Crippen LogP contribution in [-0.2, 0) is 9.53 Å². The predicted octanol–water partition coefficient (Wildman–Crippen LogP) is 2.27. The molecule has 0 aromatic rings. The fourth-order valence-electron chi connectivity index (χ4n) is 4.58. The molecular weight excluding hydrogens is 242 g/mol. The summed E-state index contributed by atoms with van der Waals surface area (Å²) in [6, 6.07) is 1.95. The van der Waals surface area contributed by atoms with Crippen molar-refractivity contribution in [1.29, 1.82) is 0 Å². The fourth-order valence-corrected chi connectivity index (χ4v) is 4.58. The van der Waals surface area contributed by atoms with Crippen LogP contribution in [-0.4, -0.2) is 46.8 Å². The average molecular weight is 267 g/mol. The summed E-state index contributed by atoms with van der Waals surface area (Å²) in [5.41, 5.74) is 0. The van der Waals surface area contributed by atoms with E-state index in [-0.39, 0.29) is 0 Å². The fraction of sp³-hybridized carbons (Fsp3) is 0.933. The number of ether oxygens (including phenoxy) is 1. The lowest BCUT2D eigenvalue weighted by molar-refractivity contribution is -0.138. The molecule has 2 bridgehead atoms. The van der Waals surface area contributed by atoms with E-state index in [1.165, 1.54) is 12.8 Å². The molecule has 4 atom stereocenters. The van der Waals surface area contributed by atoms with Gasteiger partial charge < -0.3 is 9.84 Å². The number of carbonyl (C=O) groups is 1. The molecule has 0 aromatic carbocycles. The van der Waals surface area contributed by atoms with Gasteiger partial charge in [-0.25, -0.2) is 0 Å². The van der Waals surface area contributed by atoms with E-state index in [2.05, 4.69) is 11.8 Å². The van der Waals surface area contributed by atoms with Gasteiger partial charge in [0.1, 0.15) is 0 Å². The van der Waals surface area contributed by atoms with Crippen LogP contribution in [0, 0.1) is 5.92 Å². The van der Waals surface area contributed by atoms with Gasteiger partial charge in [-0.15, -0.1) is 0 Å². The zero-order chi connectivity index (χ0) is 13.4. The summed E-state index contributed by atoms with van der Waals surface area (Å²) in [6.45, 7) is 3.06. The third kappa shape index (κ3) is 2.79. The Balaban J connectivity index is 1.64. The van der Waals surface area contributed by atoms with E-state index in [0.29, 0.717) is 36.6 Å². The van der Waals surface area contributed by atoms with Crippen LogP contribution in [0.1, 0.15) is 51.9 Å². The van der Waals surface area contributed by atoms with Crippen LogP contribution in [0.4, 0.5) is 0 Å². The van der Waals surface area contributed by atoms with E-state index in [9.17, 15) is 4.79 Å². The van der Waals surface area contributed by atoms with Gasteiger partial charge in [0.05, 0.1) is 6.10 Å². The van der Waals surface area contributed by atoms with Gasteiger partial charge in [-0.05, 0) is 51.4 Å². The van der Waals surface area contributed by atoms with E-state index >= 15 is 0 Å². The highest BCUT2D eigenvalue weighted by Gasteiger charge is 2.44. The van der Waals surface area contributed by atoms with Crippen LogP contribution in [0.25, 0.3) is 0 Å². The highest BCUT2D eigenvalue weighted by molar-refractivity contribution is 5.67. The van der Waals surface area contributed by atoms with Crippen molar-refractivity contribution in [3.63, 3.8) is 0 Å². The summed E-state index contributed by atoms with van der Waals surface area (Å²) in [7, 11) is 0. The van der Waals surface area contributed by atoms with Crippen molar-refractivity contribution < 1.29 is 14.6 Å². The molecule has 4 nitrogen and oxygen atoms in total. The molecule has 3 fully saturated rings. The Kier molecular flexibility index (Phi) is 3.81. The number of piperidine rings is 1. The molecule has 0 amide bonds. The molecule has 3 rings (SSSR count). The summed E-state index contributed by atoms with van der Waals surface area (Å²) >= 11 is 0. The number of carboxylic acids is 1. The minimum atomic E-state index is -0.627. The monoisotopic (exact) mass is 267 g/mol. The first-order valence-corrected chi connectivity index (χ1v) is 7.74. The molecule has 0 saturated carbocycles. The second kappa shape index (κ2) is 5.41. The largest absolute Gasteiger partial charge is 0.481 e. The molecule has 0 aromatic heterocycles. The van der Waals surface area contributed by atoms with Gasteiger partial charge in [0, 0.05) is 31.2 Å². The predicted molar refractivity (Wildman–Crippen MR) is 72.1 cm³/mol. The van der Waals surface area contributed by atoms with Crippen LogP contribution in [0.2, 0.25) is 0 Å². The van der Waals surface area contributed by atoms with Crippen LogP contribution < -0.4 is 0 Å². The van der Waals surface area contributed by atoms with Crippen LogP contribution in [0.15, 0.2) is 0 Å². The summed E-state index contributed by atoms with van der Waals surface area (Å²) in [6.07, 6.45) is 7.78. The maximum atomic E-state index is 10.9. The molecule has 0 spiro atoms. The topological polar surface area (TPSA) is 49.8 Å². The molecule has 4 unspecified atom stereocenters. The summed E-state index contributed by atoms with van der Waals surface area (Å²) in [5, 5.41) is 8.98. The molecule has 108 valence electrons. The van der Waals surface area contributed by atoms with Gasteiger partial charge in [0.25, 0.3) is 0 Å². The molecule has 3 saturated heterocycles. The Labute approximate surface area is 115 Å². The molecular formula is C15H25NO3. The Morgan fingerprint density at radius 2 is 1.79 bits per heavy atom. The van der Waals surface area contributed by atoms with Crippen molar-refractivity contribution >= 4 is 5.97 Å². The summed E-state index contributed by atoms with van der Waals surface area (Å²) in [5.74, 6) is -0.221. The number of nitrogens with zero attached hydrogens (tertiary/aromatic N) is 1. The van der Waals surface area contributed by atoms with Gasteiger partial charge >= 0.3 is 5.97 Å². The SMILES string of the molecule is CC1CC(N2C3CCC2CC(CC(=O)O)C3)CCO1. The number of aliphatic carboxylic acids is 1. The summed E-state index contributed by atoms with van der Waals surface area (Å²) in [4.78, 5) is 13.6. The first-order valence-electron chi connectivity index (χ1n) is 7.74. The number of fused-ring (bicyclic) bond motifs is 2. The molecule has 0 radical (unpaired) electrons. The molecule has 19 heavy (non-hydrogen) atoms. The van der Waals surface area contributed by atoms with Crippen LogP contribution in [0.5, 0.6) is 0 Å². The Morgan fingerprint density at radius 3 is 2.37 bits per heavy atom. The minimum Gasteiger partial charge on any atom is -0.481 e. The van der Waals surface area contributed by atoms with Crippen molar-refractivity contribution in [3.05, 3.63) is 0 Å². The lowest BCUT2D eigenvalue weighted by Gasteiger charge is -2.45. The normalized spacial score (nSPS) is 43.3. The van der Waals surface area contributed by atoms with Gasteiger partial charge in [0.15, 0.2) is 0 Å².